The van der Waals surface area contributed by atoms with Crippen LogP contribution >= 0.6 is 0 Å². The van der Waals surface area contributed by atoms with Crippen LogP contribution in [0, 0.1) is 5.92 Å². The maximum Gasteiger partial charge on any atom is 0.306 e. The highest BCUT2D eigenvalue weighted by atomic mass is 16.7. The van der Waals surface area contributed by atoms with Crippen LogP contribution in [0.3, 0.4) is 0 Å². The molecule has 0 aliphatic carbocycles. The average Bonchev–Trinajstić information content (AvgIpc) is 1.74. The summed E-state index contributed by atoms with van der Waals surface area (Å²) in [5, 5.41) is 160. The van der Waals surface area contributed by atoms with E-state index in [1.54, 1.807) is 51.1 Å². The van der Waals surface area contributed by atoms with Gasteiger partial charge in [-0.3, -0.25) is 43.5 Å². The van der Waals surface area contributed by atoms with Gasteiger partial charge in [-0.25, -0.2) is 0 Å². The zero-order valence-electron chi connectivity index (χ0n) is 52.7. The minimum atomic E-state index is -2.35. The molecule has 4 saturated heterocycles. The molecule has 0 radical (unpaired) electrons. The third-order valence-corrected chi connectivity index (χ3v) is 17.3. The minimum absolute atomic E-state index is 0.0604. The molecule has 2 aromatic carbocycles. The molecule has 6 heterocycles. The second kappa shape index (κ2) is 33.3. The molecule has 0 saturated carbocycles. The number of amides is 6. The Hall–Kier alpha value is -7.61. The first-order valence-electron chi connectivity index (χ1n) is 31.2. The van der Waals surface area contributed by atoms with Gasteiger partial charge in [-0.1, -0.05) is 63.2 Å². The molecule has 6 aliphatic rings. The van der Waals surface area contributed by atoms with Crippen molar-refractivity contribution in [2.24, 2.45) is 27.4 Å². The van der Waals surface area contributed by atoms with Gasteiger partial charge in [0.25, 0.3) is 0 Å². The van der Waals surface area contributed by atoms with E-state index in [-0.39, 0.29) is 36.2 Å². The fourth-order valence-corrected chi connectivity index (χ4v) is 11.9. The lowest BCUT2D eigenvalue weighted by Crippen LogP contribution is -2.70. The highest BCUT2D eigenvalue weighted by Gasteiger charge is 2.55. The SMILES string of the molecule is CC(C)CC(=O)O[C@H]1[C@H](O)[C@H](O)[C@@H](O[C@H]2[C@H](O)[C@H](O)[C@@H](Oc3ccc(C[C@H]4NC(=O)[C@H]([C@@H](C)c5ccccc5)NC(=O)CNC(=O)[C@H](CO)NC(=O)[C@@H]([C@@H](O)[C@@H]5CN=C(N)N5[C@H]5O[C@H](CO)[C@@H](O)[C@H](O)[C@@H]5O)NC(=O)C([C@@H](O)[C@@H]5CN=C(N)N5)NC4=O)cc3)O[C@@H]2CO)O[C@@H]1CO. The number of nitrogens with zero attached hydrogens (tertiary/aromatic N) is 3. The summed E-state index contributed by atoms with van der Waals surface area (Å²) in [6.07, 6.45) is -31.9. The average molecular weight is 1380 g/mol. The molecule has 1 unspecified atom stereocenters. The van der Waals surface area contributed by atoms with Gasteiger partial charge >= 0.3 is 5.97 Å². The van der Waals surface area contributed by atoms with Crippen molar-refractivity contribution in [1.82, 2.24) is 42.1 Å². The first-order valence-corrected chi connectivity index (χ1v) is 31.2. The smallest absolute Gasteiger partial charge is 0.306 e. The predicted octanol–water partition coefficient (Wildman–Crippen LogP) is -12.0. The third kappa shape index (κ3) is 17.6. The van der Waals surface area contributed by atoms with Crippen molar-refractivity contribution in [3.63, 3.8) is 0 Å². The number of carbonyl (C=O) groups is 7. The summed E-state index contributed by atoms with van der Waals surface area (Å²) in [4.78, 5) is 109. The molecule has 38 nitrogen and oxygen atoms in total. The Bertz CT molecular complexity index is 3100. The Kier molecular flexibility index (Phi) is 25.8. The van der Waals surface area contributed by atoms with Gasteiger partial charge in [0.05, 0.1) is 58.1 Å². The fraction of sp³-hybridized carbons (Fsp3) is 0.644. The number of benzene rings is 2. The van der Waals surface area contributed by atoms with Crippen molar-refractivity contribution >= 4 is 53.3 Å². The van der Waals surface area contributed by atoms with Crippen LogP contribution in [0.1, 0.15) is 44.2 Å². The summed E-state index contributed by atoms with van der Waals surface area (Å²) in [6.45, 7) is -0.556. The van der Waals surface area contributed by atoms with Crippen molar-refractivity contribution in [3.05, 3.63) is 65.7 Å². The number of aliphatic hydroxyl groups is 13. The lowest BCUT2D eigenvalue weighted by atomic mass is 9.92. The Morgan fingerprint density at radius 3 is 1.81 bits per heavy atom. The second-order valence-corrected chi connectivity index (χ2v) is 24.6. The van der Waals surface area contributed by atoms with Gasteiger partial charge in [0.1, 0.15) is 115 Å². The largest absolute Gasteiger partial charge is 0.462 e. The lowest BCUT2D eigenvalue weighted by Gasteiger charge is -2.46. The van der Waals surface area contributed by atoms with Crippen molar-refractivity contribution < 1.29 is 128 Å². The molecule has 38 heteroatoms. The Morgan fingerprint density at radius 2 is 1.19 bits per heavy atom. The number of aliphatic imine (C=N–C) groups is 2. The van der Waals surface area contributed by atoms with Crippen molar-refractivity contribution in [2.75, 3.05) is 46.1 Å². The molecule has 2 aromatic rings. The molecule has 0 bridgehead atoms. The van der Waals surface area contributed by atoms with E-state index < -0.39 is 246 Å². The summed E-state index contributed by atoms with van der Waals surface area (Å²) >= 11 is 0. The Balaban J connectivity index is 1.08. The number of ether oxygens (including phenoxy) is 6. The van der Waals surface area contributed by atoms with E-state index in [0.29, 0.717) is 5.56 Å². The summed E-state index contributed by atoms with van der Waals surface area (Å²) in [5.74, 6) is -9.95. The first kappa shape index (κ1) is 75.2. The monoisotopic (exact) mass is 1380 g/mol. The van der Waals surface area contributed by atoms with Gasteiger partial charge in [0.2, 0.25) is 41.7 Å². The minimum Gasteiger partial charge on any atom is -0.462 e. The van der Waals surface area contributed by atoms with E-state index in [1.165, 1.54) is 24.3 Å². The molecule has 538 valence electrons. The Labute approximate surface area is 553 Å². The van der Waals surface area contributed by atoms with Gasteiger partial charge in [0, 0.05) is 18.8 Å². The van der Waals surface area contributed by atoms with Gasteiger partial charge in [-0.15, -0.1) is 0 Å². The van der Waals surface area contributed by atoms with Gasteiger partial charge < -0.3 is 148 Å². The zero-order valence-corrected chi connectivity index (χ0v) is 52.7. The highest BCUT2D eigenvalue weighted by Crippen LogP contribution is 2.33. The molecule has 24 N–H and O–H groups in total. The third-order valence-electron chi connectivity index (χ3n) is 17.3. The van der Waals surface area contributed by atoms with Crippen LogP contribution in [0.25, 0.3) is 0 Å². The van der Waals surface area contributed by atoms with Crippen LogP contribution < -0.4 is 53.4 Å². The van der Waals surface area contributed by atoms with Crippen LogP contribution in [-0.4, -0.2) is 317 Å². The van der Waals surface area contributed by atoms with E-state index in [4.69, 9.17) is 39.9 Å². The van der Waals surface area contributed by atoms with E-state index in [2.05, 4.69) is 47.2 Å². The number of esters is 1. The fourth-order valence-electron chi connectivity index (χ4n) is 11.9. The molecule has 0 spiro atoms. The topological polar surface area (TPSA) is 602 Å². The zero-order chi connectivity index (χ0) is 70.9. The second-order valence-electron chi connectivity index (χ2n) is 24.6. The molecule has 0 aromatic heterocycles. The number of nitrogens with two attached hydrogens (primary N) is 2. The molecule has 6 aliphatic heterocycles. The van der Waals surface area contributed by atoms with Crippen LogP contribution in [0.2, 0.25) is 0 Å². The Morgan fingerprint density at radius 1 is 0.598 bits per heavy atom. The normalized spacial score (nSPS) is 35.9. The number of guanidine groups is 2. The highest BCUT2D eigenvalue weighted by molar-refractivity contribution is 5.98. The van der Waals surface area contributed by atoms with Crippen molar-refractivity contribution in [1.29, 1.82) is 0 Å². The van der Waals surface area contributed by atoms with Gasteiger partial charge in [0.15, 0.2) is 30.5 Å². The summed E-state index contributed by atoms with van der Waals surface area (Å²) < 4.78 is 34.1. The standard InChI is InChI=1S/C59H86N12O26/c1-22(2)13-35(77)96-48-32(20-74)95-57(47(86)43(48)82)97-49-33(21-75)94-56(46(85)44(49)83)92-26-11-9-24(10-12-26)14-27-51(88)69-37(39(78)28-15-63-58(60)67-28)54(91)70-38(40(79)30-16-64-59(61)71(30)55-45(84)42(81)41(80)31(19-73)93-55)53(90)66-29(18-72)50(87)62-17-34(76)68-36(52(89)65-27)23(3)25-7-5-4-6-8-25/h4-12,22-23,27-33,36-49,55-57,72-75,78-86H,13-21H2,1-3H3,(H2,61,64)(H,62,87)(H,65,89)(H,66,90)(H,68,76)(H,69,88)(H,70,91)(H3,60,63,67)/t23-,27+,28-,29-,30-,31+,32+,33+,36-,37?,38+,39-,40-,41+,42-,43+,44+,45-,46-,47-,48+,49+,55-,56-,57+/m0/s1. The maximum atomic E-state index is 15.2. The van der Waals surface area contributed by atoms with Gasteiger partial charge in [-0.2, -0.15) is 0 Å². The molecular formula is C59H86N12O26. The number of carbonyl (C=O) groups excluding carboxylic acids is 7. The molecule has 25 atom stereocenters. The quantitative estimate of drug-likeness (QED) is 0.0547. The van der Waals surface area contributed by atoms with Crippen molar-refractivity contribution in [3.8, 4) is 5.75 Å². The van der Waals surface area contributed by atoms with E-state index in [1.807, 2.05) is 0 Å². The van der Waals surface area contributed by atoms with E-state index in [0.717, 1.165) is 4.90 Å². The van der Waals surface area contributed by atoms with Crippen LogP contribution in [0.5, 0.6) is 5.75 Å². The number of aliphatic hydroxyl groups excluding tert-OH is 13. The molecule has 8 rings (SSSR count). The van der Waals surface area contributed by atoms with E-state index >= 15 is 9.59 Å². The summed E-state index contributed by atoms with van der Waals surface area (Å²) in [5.41, 5.74) is 12.8. The molecule has 6 amide bonds. The lowest BCUT2D eigenvalue weighted by molar-refractivity contribution is -0.353. The molecule has 97 heavy (non-hydrogen) atoms. The van der Waals surface area contributed by atoms with Crippen LogP contribution in [0.15, 0.2) is 64.6 Å². The summed E-state index contributed by atoms with van der Waals surface area (Å²) in [7, 11) is 0. The van der Waals surface area contributed by atoms with Crippen LogP contribution in [0.4, 0.5) is 0 Å². The molecule has 4 fully saturated rings. The van der Waals surface area contributed by atoms with Crippen LogP contribution in [-0.2, 0) is 63.7 Å². The predicted molar refractivity (Wildman–Crippen MR) is 326 cm³/mol. The maximum absolute atomic E-state index is 15.2. The van der Waals surface area contributed by atoms with Gasteiger partial charge in [-0.05, 0) is 29.2 Å². The first-order chi connectivity index (χ1) is 46.1. The van der Waals surface area contributed by atoms with Crippen molar-refractivity contribution in [2.45, 2.75) is 186 Å². The summed E-state index contributed by atoms with van der Waals surface area (Å²) in [6, 6.07) is 0.741. The number of nitrogens with one attached hydrogen (secondary N) is 7. The number of hydrogen-bond donors (Lipinski definition) is 22. The number of hydrogen-bond acceptors (Lipinski definition) is 32. The van der Waals surface area contributed by atoms with E-state index in [9.17, 15) is 90.4 Å². The molecular weight excluding hydrogens is 1290 g/mol. The number of rotatable bonds is 20.